The smallest absolute Gasteiger partial charge is 0.248 e. The number of hydrogen-bond donors (Lipinski definition) is 0. The van der Waals surface area contributed by atoms with Crippen molar-refractivity contribution in [2.75, 3.05) is 0 Å². The Balaban J connectivity index is 1.54. The topological polar surface area (TPSA) is 60.7 Å². The maximum absolute atomic E-state index is 13.3. The predicted molar refractivity (Wildman–Crippen MR) is 97.4 cm³/mol. The number of halogens is 2. The Morgan fingerprint density at radius 1 is 1.26 bits per heavy atom. The molecule has 0 aliphatic heterocycles. The normalized spacial score (nSPS) is 17.3. The number of carbonyl (C=O) groups excluding carboxylic acids is 1. The van der Waals surface area contributed by atoms with Crippen LogP contribution in [-0.4, -0.2) is 31.2 Å². The first kappa shape index (κ1) is 17.7. The molecule has 1 fully saturated rings. The lowest BCUT2D eigenvalue weighted by Crippen LogP contribution is -2.29. The number of carbonyl (C=O) groups is 1. The van der Waals surface area contributed by atoms with Crippen LogP contribution in [0.3, 0.4) is 0 Å². The molecule has 0 spiro atoms. The summed E-state index contributed by atoms with van der Waals surface area (Å²) in [5.74, 6) is -2.93. The van der Waals surface area contributed by atoms with Gasteiger partial charge < -0.3 is 4.57 Å². The zero-order chi connectivity index (χ0) is 19.0. The van der Waals surface area contributed by atoms with E-state index in [-0.39, 0.29) is 43.8 Å². The Bertz CT molecular complexity index is 989. The van der Waals surface area contributed by atoms with Crippen LogP contribution in [0.15, 0.2) is 36.9 Å². The summed E-state index contributed by atoms with van der Waals surface area (Å²) in [6, 6.07) is 5.66. The van der Waals surface area contributed by atoms with Crippen molar-refractivity contribution in [3.05, 3.63) is 42.6 Å². The monoisotopic (exact) mass is 370 g/mol. The van der Waals surface area contributed by atoms with Gasteiger partial charge in [-0.1, -0.05) is 0 Å². The summed E-state index contributed by atoms with van der Waals surface area (Å²) in [5, 5.41) is 0.884. The third kappa shape index (κ3) is 3.72. The molecule has 0 unspecified atom stereocenters. The van der Waals surface area contributed by atoms with Crippen molar-refractivity contribution in [3.63, 3.8) is 0 Å². The van der Waals surface area contributed by atoms with Gasteiger partial charge in [0.05, 0.1) is 29.4 Å². The summed E-state index contributed by atoms with van der Waals surface area (Å²) in [7, 11) is 1.90. The molecule has 5 nitrogen and oxygen atoms in total. The number of Topliss-reactive ketones (excluding diaryl/α,β-unsaturated/α-hetero) is 1. The first-order chi connectivity index (χ1) is 12.9. The molecule has 4 rings (SSSR count). The van der Waals surface area contributed by atoms with Crippen LogP contribution in [0.25, 0.3) is 22.3 Å². The van der Waals surface area contributed by atoms with Gasteiger partial charge in [-0.05, 0) is 31.0 Å². The number of aromatic nitrogens is 4. The van der Waals surface area contributed by atoms with Crippen LogP contribution in [-0.2, 0) is 18.3 Å². The lowest BCUT2D eigenvalue weighted by Gasteiger charge is -2.27. The van der Waals surface area contributed by atoms with Crippen molar-refractivity contribution in [2.24, 2.45) is 13.0 Å². The maximum Gasteiger partial charge on any atom is 0.248 e. The first-order valence-corrected chi connectivity index (χ1v) is 9.04. The number of imidazole rings is 1. The van der Waals surface area contributed by atoms with Crippen molar-refractivity contribution in [1.29, 1.82) is 0 Å². The van der Waals surface area contributed by atoms with Gasteiger partial charge >= 0.3 is 0 Å². The van der Waals surface area contributed by atoms with Gasteiger partial charge in [-0.3, -0.25) is 9.78 Å². The van der Waals surface area contributed by atoms with Gasteiger partial charge in [0.25, 0.3) is 0 Å². The molecule has 0 bridgehead atoms. The van der Waals surface area contributed by atoms with Gasteiger partial charge in [0.2, 0.25) is 5.92 Å². The van der Waals surface area contributed by atoms with Crippen LogP contribution in [0.1, 0.15) is 31.4 Å². The number of alkyl halides is 2. The van der Waals surface area contributed by atoms with E-state index in [1.807, 2.05) is 29.8 Å². The molecule has 3 heterocycles. The number of aryl methyl sites for hydroxylation is 1. The van der Waals surface area contributed by atoms with Crippen molar-refractivity contribution in [3.8, 4) is 11.4 Å². The number of hydrogen-bond acceptors (Lipinski definition) is 4. The molecule has 0 aromatic carbocycles. The minimum atomic E-state index is -2.62. The predicted octanol–water partition coefficient (Wildman–Crippen LogP) is 3.97. The summed E-state index contributed by atoms with van der Waals surface area (Å²) in [6.07, 6.45) is 5.42. The number of fused-ring (bicyclic) bond motifs is 1. The minimum absolute atomic E-state index is 0.0138. The minimum Gasteiger partial charge on any atom is -0.332 e. The molecule has 0 N–H and O–H groups in total. The first-order valence-electron chi connectivity index (χ1n) is 9.04. The summed E-state index contributed by atoms with van der Waals surface area (Å²) in [5.41, 5.74) is 3.07. The highest BCUT2D eigenvalue weighted by Crippen LogP contribution is 2.36. The lowest BCUT2D eigenvalue weighted by atomic mass is 9.83. The molecule has 0 radical (unpaired) electrons. The summed E-state index contributed by atoms with van der Waals surface area (Å²) < 4.78 is 28.5. The second-order valence-corrected chi connectivity index (χ2v) is 7.23. The van der Waals surface area contributed by atoms with Crippen molar-refractivity contribution in [2.45, 2.75) is 38.0 Å². The third-order valence-corrected chi connectivity index (χ3v) is 5.24. The van der Waals surface area contributed by atoms with Gasteiger partial charge in [0.1, 0.15) is 5.78 Å². The van der Waals surface area contributed by atoms with Gasteiger partial charge in [-0.15, -0.1) is 0 Å². The molecule has 1 aliphatic rings. The second-order valence-electron chi connectivity index (χ2n) is 7.23. The molecular weight excluding hydrogens is 350 g/mol. The van der Waals surface area contributed by atoms with E-state index in [1.165, 1.54) is 0 Å². The maximum atomic E-state index is 13.3. The second kappa shape index (κ2) is 6.79. The highest BCUT2D eigenvalue weighted by atomic mass is 19.3. The van der Waals surface area contributed by atoms with Gasteiger partial charge in [0.15, 0.2) is 0 Å². The molecule has 7 heteroatoms. The van der Waals surface area contributed by atoms with Gasteiger partial charge in [0, 0.05) is 49.5 Å². The lowest BCUT2D eigenvalue weighted by molar-refractivity contribution is -0.126. The fourth-order valence-corrected chi connectivity index (χ4v) is 3.59. The highest BCUT2D eigenvalue weighted by Gasteiger charge is 2.37. The highest BCUT2D eigenvalue weighted by molar-refractivity contribution is 5.85. The molecule has 3 aromatic heterocycles. The van der Waals surface area contributed by atoms with Crippen LogP contribution in [0.5, 0.6) is 0 Å². The van der Waals surface area contributed by atoms with Crippen molar-refractivity contribution < 1.29 is 13.6 Å². The van der Waals surface area contributed by atoms with Crippen molar-refractivity contribution >= 4 is 16.7 Å². The standard InChI is InChI=1S/C20H20F2N4O/c1-26-12-23-11-18(26)16-3-2-14-10-24-15(8-17(14)25-16)9-19(27)13-4-6-20(21,22)7-5-13/h2-3,8,10-13H,4-7,9H2,1H3. The van der Waals surface area contributed by atoms with Crippen LogP contribution in [0.4, 0.5) is 8.78 Å². The van der Waals surface area contributed by atoms with Crippen LogP contribution in [0, 0.1) is 5.92 Å². The third-order valence-electron chi connectivity index (χ3n) is 5.24. The number of nitrogens with zero attached hydrogens (tertiary/aromatic N) is 4. The molecule has 140 valence electrons. The quantitative estimate of drug-likeness (QED) is 0.697. The Kier molecular flexibility index (Phi) is 4.45. The summed E-state index contributed by atoms with van der Waals surface area (Å²) >= 11 is 0. The zero-order valence-electron chi connectivity index (χ0n) is 15.0. The van der Waals surface area contributed by atoms with E-state index in [2.05, 4.69) is 15.0 Å². The van der Waals surface area contributed by atoms with Crippen molar-refractivity contribution in [1.82, 2.24) is 19.5 Å². The number of ketones is 1. The van der Waals surface area contributed by atoms with E-state index in [0.717, 1.165) is 22.3 Å². The van der Waals surface area contributed by atoms with E-state index >= 15 is 0 Å². The molecule has 0 atom stereocenters. The van der Waals surface area contributed by atoms with E-state index in [1.54, 1.807) is 18.7 Å². The van der Waals surface area contributed by atoms with Gasteiger partial charge in [-0.25, -0.2) is 18.7 Å². The molecule has 1 aliphatic carbocycles. The Morgan fingerprint density at radius 2 is 2.04 bits per heavy atom. The number of rotatable bonds is 4. The molecule has 3 aromatic rings. The fraction of sp³-hybridized carbons (Fsp3) is 0.400. The van der Waals surface area contributed by atoms with Crippen LogP contribution >= 0.6 is 0 Å². The Morgan fingerprint density at radius 3 is 2.74 bits per heavy atom. The average molecular weight is 370 g/mol. The molecular formula is C20H20F2N4O. The van der Waals surface area contributed by atoms with E-state index in [4.69, 9.17) is 0 Å². The largest absolute Gasteiger partial charge is 0.332 e. The molecule has 27 heavy (non-hydrogen) atoms. The van der Waals surface area contributed by atoms with Crippen LogP contribution < -0.4 is 0 Å². The number of pyridine rings is 2. The average Bonchev–Trinajstić information content (AvgIpc) is 3.07. The van der Waals surface area contributed by atoms with Crippen LogP contribution in [0.2, 0.25) is 0 Å². The molecule has 0 saturated heterocycles. The van der Waals surface area contributed by atoms with E-state index in [0.29, 0.717) is 5.69 Å². The van der Waals surface area contributed by atoms with E-state index < -0.39 is 5.92 Å². The SMILES string of the molecule is Cn1cncc1-c1ccc2cnc(CC(=O)C3CCC(F)(F)CC3)cc2n1. The summed E-state index contributed by atoms with van der Waals surface area (Å²) in [6.45, 7) is 0. The van der Waals surface area contributed by atoms with E-state index in [9.17, 15) is 13.6 Å². The zero-order valence-corrected chi connectivity index (χ0v) is 15.0. The summed E-state index contributed by atoms with van der Waals surface area (Å²) in [4.78, 5) is 25.6. The fourth-order valence-electron chi connectivity index (χ4n) is 3.59. The molecule has 1 saturated carbocycles. The Hall–Kier alpha value is -2.70. The van der Waals surface area contributed by atoms with Gasteiger partial charge in [-0.2, -0.15) is 0 Å². The Labute approximate surface area is 155 Å². The molecule has 0 amide bonds.